The molecule has 0 saturated carbocycles. The molecule has 0 spiro atoms. The van der Waals surface area contributed by atoms with Crippen molar-refractivity contribution in [3.63, 3.8) is 0 Å². The van der Waals surface area contributed by atoms with Gasteiger partial charge in [0.2, 0.25) is 0 Å². The van der Waals surface area contributed by atoms with E-state index >= 15 is 0 Å². The average molecular weight is 278 g/mol. The van der Waals surface area contributed by atoms with Gasteiger partial charge in [-0.2, -0.15) is 0 Å². The number of carbonyl (C=O) groups excluding carboxylic acids is 1. The highest BCUT2D eigenvalue weighted by molar-refractivity contribution is 5.74. The Hall–Kier alpha value is -1.55. The largest absolute Gasteiger partial charge is 0.396 e. The van der Waals surface area contributed by atoms with Crippen molar-refractivity contribution in [1.82, 2.24) is 10.6 Å². The number of benzene rings is 1. The topological polar surface area (TPSA) is 61.4 Å². The van der Waals surface area contributed by atoms with E-state index in [1.54, 1.807) is 0 Å². The smallest absolute Gasteiger partial charge is 0.315 e. The zero-order valence-electron chi connectivity index (χ0n) is 12.6. The third kappa shape index (κ3) is 5.61. The van der Waals surface area contributed by atoms with Crippen LogP contribution < -0.4 is 10.6 Å². The second-order valence-electron chi connectivity index (χ2n) is 5.52. The van der Waals surface area contributed by atoms with Gasteiger partial charge in [-0.3, -0.25) is 0 Å². The molecular weight excluding hydrogens is 252 g/mol. The van der Waals surface area contributed by atoms with Crippen molar-refractivity contribution in [3.05, 3.63) is 35.4 Å². The SMILES string of the molecule is Cc1ccccc1C(CC(C)C)NC(=O)NCCCO. The summed E-state index contributed by atoms with van der Waals surface area (Å²) in [6.07, 6.45) is 1.48. The molecule has 1 unspecified atom stereocenters. The first-order chi connectivity index (χ1) is 9.54. The van der Waals surface area contributed by atoms with E-state index in [0.29, 0.717) is 18.9 Å². The molecular formula is C16H26N2O2. The monoisotopic (exact) mass is 278 g/mol. The molecule has 0 fully saturated rings. The van der Waals surface area contributed by atoms with Gasteiger partial charge in [0, 0.05) is 13.2 Å². The fourth-order valence-corrected chi connectivity index (χ4v) is 2.20. The van der Waals surface area contributed by atoms with Crippen molar-refractivity contribution >= 4 is 6.03 Å². The minimum atomic E-state index is -0.174. The van der Waals surface area contributed by atoms with Crippen molar-refractivity contribution < 1.29 is 9.90 Å². The lowest BCUT2D eigenvalue weighted by atomic mass is 9.94. The summed E-state index contributed by atoms with van der Waals surface area (Å²) in [6.45, 7) is 6.94. The number of urea groups is 1. The summed E-state index contributed by atoms with van der Waals surface area (Å²) in [5, 5.41) is 14.5. The number of carbonyl (C=O) groups is 1. The number of hydrogen-bond acceptors (Lipinski definition) is 2. The van der Waals surface area contributed by atoms with Gasteiger partial charge in [-0.1, -0.05) is 38.1 Å². The first-order valence-corrected chi connectivity index (χ1v) is 7.25. The van der Waals surface area contributed by atoms with Crippen molar-refractivity contribution in [2.75, 3.05) is 13.2 Å². The Morgan fingerprint density at radius 2 is 2.00 bits per heavy atom. The van der Waals surface area contributed by atoms with Gasteiger partial charge < -0.3 is 15.7 Å². The maximum absolute atomic E-state index is 11.9. The predicted octanol–water partition coefficient (Wildman–Crippen LogP) is 2.76. The molecule has 3 N–H and O–H groups in total. The summed E-state index contributed by atoms with van der Waals surface area (Å²) < 4.78 is 0. The van der Waals surface area contributed by atoms with E-state index in [0.717, 1.165) is 6.42 Å². The molecule has 4 heteroatoms. The van der Waals surface area contributed by atoms with E-state index in [1.807, 2.05) is 12.1 Å². The van der Waals surface area contributed by atoms with Crippen LogP contribution in [-0.2, 0) is 0 Å². The number of rotatable bonds is 7. The van der Waals surface area contributed by atoms with Gasteiger partial charge in [0.15, 0.2) is 0 Å². The Labute approximate surface area is 121 Å². The maximum Gasteiger partial charge on any atom is 0.315 e. The van der Waals surface area contributed by atoms with Crippen LogP contribution in [-0.4, -0.2) is 24.3 Å². The highest BCUT2D eigenvalue weighted by Crippen LogP contribution is 2.23. The second kappa shape index (κ2) is 8.59. The second-order valence-corrected chi connectivity index (χ2v) is 5.52. The number of nitrogens with one attached hydrogen (secondary N) is 2. The van der Waals surface area contributed by atoms with Crippen molar-refractivity contribution in [2.24, 2.45) is 5.92 Å². The molecule has 1 atom stereocenters. The van der Waals surface area contributed by atoms with E-state index in [4.69, 9.17) is 5.11 Å². The molecule has 0 radical (unpaired) electrons. The van der Waals surface area contributed by atoms with Gasteiger partial charge in [0.05, 0.1) is 6.04 Å². The molecule has 0 aromatic heterocycles. The van der Waals surface area contributed by atoms with E-state index in [2.05, 4.69) is 43.5 Å². The Balaban J connectivity index is 2.70. The molecule has 2 amide bonds. The first kappa shape index (κ1) is 16.5. The van der Waals surface area contributed by atoms with Crippen molar-refractivity contribution in [2.45, 2.75) is 39.7 Å². The standard InChI is InChI=1S/C16H26N2O2/c1-12(2)11-15(14-8-5-4-7-13(14)3)18-16(20)17-9-6-10-19/h4-5,7-8,12,15,19H,6,9-11H2,1-3H3,(H2,17,18,20). The number of amides is 2. The highest BCUT2D eigenvalue weighted by Gasteiger charge is 2.17. The van der Waals surface area contributed by atoms with E-state index < -0.39 is 0 Å². The van der Waals surface area contributed by atoms with Crippen LogP contribution in [0.25, 0.3) is 0 Å². The molecule has 20 heavy (non-hydrogen) atoms. The number of aryl methyl sites for hydroxylation is 1. The lowest BCUT2D eigenvalue weighted by molar-refractivity contribution is 0.232. The van der Waals surface area contributed by atoms with Crippen LogP contribution in [0.3, 0.4) is 0 Å². The molecule has 1 aromatic rings. The van der Waals surface area contributed by atoms with Crippen LogP contribution in [0.15, 0.2) is 24.3 Å². The third-order valence-corrected chi connectivity index (χ3v) is 3.20. The molecule has 0 aliphatic carbocycles. The normalized spacial score (nSPS) is 12.2. The lowest BCUT2D eigenvalue weighted by Gasteiger charge is -2.23. The molecule has 1 aromatic carbocycles. The molecule has 4 nitrogen and oxygen atoms in total. The summed E-state index contributed by atoms with van der Waals surface area (Å²) in [5.41, 5.74) is 2.35. The zero-order valence-corrected chi connectivity index (χ0v) is 12.6. The lowest BCUT2D eigenvalue weighted by Crippen LogP contribution is -2.39. The first-order valence-electron chi connectivity index (χ1n) is 7.25. The summed E-state index contributed by atoms with van der Waals surface area (Å²) in [6, 6.07) is 7.98. The summed E-state index contributed by atoms with van der Waals surface area (Å²) in [7, 11) is 0. The fourth-order valence-electron chi connectivity index (χ4n) is 2.20. The minimum absolute atomic E-state index is 0.0188. The van der Waals surface area contributed by atoms with E-state index in [9.17, 15) is 4.79 Å². The van der Waals surface area contributed by atoms with Gasteiger partial charge >= 0.3 is 6.03 Å². The maximum atomic E-state index is 11.9. The molecule has 0 bridgehead atoms. The van der Waals surface area contributed by atoms with E-state index in [-0.39, 0.29) is 18.7 Å². The van der Waals surface area contributed by atoms with E-state index in [1.165, 1.54) is 11.1 Å². The van der Waals surface area contributed by atoms with Crippen LogP contribution in [0, 0.1) is 12.8 Å². The zero-order chi connectivity index (χ0) is 15.0. The van der Waals surface area contributed by atoms with Gasteiger partial charge in [-0.15, -0.1) is 0 Å². The molecule has 0 heterocycles. The molecule has 1 rings (SSSR count). The van der Waals surface area contributed by atoms with Gasteiger partial charge in [0.25, 0.3) is 0 Å². The molecule has 0 aliphatic rings. The summed E-state index contributed by atoms with van der Waals surface area (Å²) in [5.74, 6) is 0.498. The van der Waals surface area contributed by atoms with Crippen LogP contribution >= 0.6 is 0 Å². The summed E-state index contributed by atoms with van der Waals surface area (Å²) in [4.78, 5) is 11.9. The van der Waals surface area contributed by atoms with Crippen LogP contribution in [0.1, 0.15) is 43.9 Å². The number of hydrogen-bond donors (Lipinski definition) is 3. The number of aliphatic hydroxyl groups is 1. The van der Waals surface area contributed by atoms with Gasteiger partial charge in [-0.05, 0) is 36.8 Å². The fraction of sp³-hybridized carbons (Fsp3) is 0.562. The third-order valence-electron chi connectivity index (χ3n) is 3.20. The Bertz CT molecular complexity index is 419. The van der Waals surface area contributed by atoms with Crippen molar-refractivity contribution in [3.8, 4) is 0 Å². The average Bonchev–Trinajstić information content (AvgIpc) is 2.38. The predicted molar refractivity (Wildman–Crippen MR) is 81.6 cm³/mol. The minimum Gasteiger partial charge on any atom is -0.396 e. The molecule has 112 valence electrons. The Morgan fingerprint density at radius 3 is 2.60 bits per heavy atom. The highest BCUT2D eigenvalue weighted by atomic mass is 16.3. The van der Waals surface area contributed by atoms with Crippen LogP contribution in [0.5, 0.6) is 0 Å². The Kier molecular flexibility index (Phi) is 7.09. The molecule has 0 saturated heterocycles. The molecule has 0 aliphatic heterocycles. The van der Waals surface area contributed by atoms with Gasteiger partial charge in [0.1, 0.15) is 0 Å². The number of aliphatic hydroxyl groups excluding tert-OH is 1. The van der Waals surface area contributed by atoms with Crippen LogP contribution in [0.2, 0.25) is 0 Å². The van der Waals surface area contributed by atoms with Gasteiger partial charge in [-0.25, -0.2) is 4.79 Å². The van der Waals surface area contributed by atoms with Crippen LogP contribution in [0.4, 0.5) is 4.79 Å². The summed E-state index contributed by atoms with van der Waals surface area (Å²) >= 11 is 0. The quantitative estimate of drug-likeness (QED) is 0.672. The Morgan fingerprint density at radius 1 is 1.30 bits per heavy atom. The van der Waals surface area contributed by atoms with Crippen molar-refractivity contribution in [1.29, 1.82) is 0 Å².